The molecule has 1 aromatic heterocycles. The number of nitrogens with zero attached hydrogens (tertiary/aromatic N) is 2. The first kappa shape index (κ1) is 15.9. The monoisotopic (exact) mass is 358 g/mol. The van der Waals surface area contributed by atoms with Crippen LogP contribution in [0.2, 0.25) is 5.02 Å². The van der Waals surface area contributed by atoms with Crippen LogP contribution in [0.25, 0.3) is 10.9 Å². The van der Waals surface area contributed by atoms with E-state index in [0.29, 0.717) is 16.9 Å². The molecule has 1 saturated heterocycles. The summed E-state index contributed by atoms with van der Waals surface area (Å²) in [6.45, 7) is 1.54. The molecule has 0 amide bonds. The van der Waals surface area contributed by atoms with Gasteiger partial charge in [0.05, 0.1) is 15.9 Å². The Kier molecular flexibility index (Phi) is 4.05. The molecular weight excluding hydrogens is 343 g/mol. The Bertz CT molecular complexity index is 990. The van der Waals surface area contributed by atoms with Gasteiger partial charge in [-0.25, -0.2) is 9.37 Å². The Balaban J connectivity index is 1.51. The maximum Gasteiger partial charge on any atom is 0.260 e. The lowest BCUT2D eigenvalue weighted by Crippen LogP contribution is -2.27. The third-order valence-electron chi connectivity index (χ3n) is 4.41. The molecule has 2 heterocycles. The standard InChI is InChI=1S/C18H16ClFN4O/c19-14-9-12(5-6-15(14)20)24-8-7-11(10-24)21-18-22-16-4-2-1-3-13(16)17(25)23-18/h1-6,9,11H,7-8,10H2,(H2,21,22,23,25). The van der Waals surface area contributed by atoms with E-state index >= 15 is 0 Å². The van der Waals surface area contributed by atoms with Crippen LogP contribution < -0.4 is 15.8 Å². The van der Waals surface area contributed by atoms with Crippen molar-refractivity contribution in [2.45, 2.75) is 12.5 Å². The van der Waals surface area contributed by atoms with Crippen LogP contribution in [0, 0.1) is 5.82 Å². The molecule has 128 valence electrons. The zero-order valence-electron chi connectivity index (χ0n) is 13.3. The first-order chi connectivity index (χ1) is 12.1. The van der Waals surface area contributed by atoms with E-state index in [1.165, 1.54) is 6.07 Å². The predicted octanol–water partition coefficient (Wildman–Crippen LogP) is 3.41. The van der Waals surface area contributed by atoms with Gasteiger partial charge in [0.25, 0.3) is 5.56 Å². The average Bonchev–Trinajstić information content (AvgIpc) is 3.06. The summed E-state index contributed by atoms with van der Waals surface area (Å²) in [6.07, 6.45) is 0.880. The molecule has 5 nitrogen and oxygen atoms in total. The van der Waals surface area contributed by atoms with Crippen molar-refractivity contribution in [2.24, 2.45) is 0 Å². The normalized spacial score (nSPS) is 17.2. The summed E-state index contributed by atoms with van der Waals surface area (Å²) < 4.78 is 13.3. The highest BCUT2D eigenvalue weighted by atomic mass is 35.5. The summed E-state index contributed by atoms with van der Waals surface area (Å²) in [4.78, 5) is 21.5. The Morgan fingerprint density at radius 3 is 2.96 bits per heavy atom. The van der Waals surface area contributed by atoms with E-state index in [-0.39, 0.29) is 16.6 Å². The van der Waals surface area contributed by atoms with Crippen LogP contribution >= 0.6 is 11.6 Å². The number of aromatic amines is 1. The molecule has 0 radical (unpaired) electrons. The second kappa shape index (κ2) is 6.37. The number of aromatic nitrogens is 2. The minimum atomic E-state index is -0.419. The molecule has 1 aliphatic rings. The maximum atomic E-state index is 13.3. The van der Waals surface area contributed by atoms with Crippen molar-refractivity contribution in [2.75, 3.05) is 23.3 Å². The molecule has 0 bridgehead atoms. The van der Waals surface area contributed by atoms with Gasteiger partial charge in [0.15, 0.2) is 0 Å². The van der Waals surface area contributed by atoms with Gasteiger partial charge in [0.1, 0.15) is 5.82 Å². The van der Waals surface area contributed by atoms with Crippen molar-refractivity contribution in [3.63, 3.8) is 0 Å². The molecule has 1 aliphatic heterocycles. The highest BCUT2D eigenvalue weighted by Gasteiger charge is 2.23. The highest BCUT2D eigenvalue weighted by Crippen LogP contribution is 2.26. The van der Waals surface area contributed by atoms with Crippen LogP contribution in [-0.2, 0) is 0 Å². The summed E-state index contributed by atoms with van der Waals surface area (Å²) in [6, 6.07) is 12.1. The lowest BCUT2D eigenvalue weighted by Gasteiger charge is -2.19. The van der Waals surface area contributed by atoms with E-state index in [1.54, 1.807) is 18.2 Å². The number of hydrogen-bond donors (Lipinski definition) is 2. The third-order valence-corrected chi connectivity index (χ3v) is 4.70. The highest BCUT2D eigenvalue weighted by molar-refractivity contribution is 6.31. The summed E-state index contributed by atoms with van der Waals surface area (Å²) in [5.41, 5.74) is 1.39. The number of fused-ring (bicyclic) bond motifs is 1. The van der Waals surface area contributed by atoms with Gasteiger partial charge in [0.2, 0.25) is 5.95 Å². The zero-order chi connectivity index (χ0) is 17.4. The topological polar surface area (TPSA) is 61.0 Å². The van der Waals surface area contributed by atoms with E-state index in [1.807, 2.05) is 18.2 Å². The van der Waals surface area contributed by atoms with Gasteiger partial charge in [-0.2, -0.15) is 0 Å². The van der Waals surface area contributed by atoms with Crippen molar-refractivity contribution in [3.8, 4) is 0 Å². The molecule has 2 aromatic carbocycles. The molecule has 0 saturated carbocycles. The second-order valence-corrected chi connectivity index (χ2v) is 6.51. The first-order valence-corrected chi connectivity index (χ1v) is 8.43. The maximum absolute atomic E-state index is 13.3. The molecule has 4 rings (SSSR count). The van der Waals surface area contributed by atoms with Crippen LogP contribution in [0.1, 0.15) is 6.42 Å². The summed E-state index contributed by atoms with van der Waals surface area (Å²) in [5.74, 6) is 0.0462. The van der Waals surface area contributed by atoms with Crippen molar-refractivity contribution < 1.29 is 4.39 Å². The molecule has 0 spiro atoms. The Morgan fingerprint density at radius 1 is 1.28 bits per heavy atom. The Labute approximate surface area is 148 Å². The first-order valence-electron chi connectivity index (χ1n) is 8.06. The van der Waals surface area contributed by atoms with E-state index in [9.17, 15) is 9.18 Å². The SMILES string of the molecule is O=c1[nH]c(NC2CCN(c3ccc(F)c(Cl)c3)C2)nc2ccccc12. The van der Waals surface area contributed by atoms with E-state index in [2.05, 4.69) is 20.2 Å². The molecule has 7 heteroatoms. The van der Waals surface area contributed by atoms with Gasteiger partial charge in [-0.05, 0) is 36.8 Å². The minimum absolute atomic E-state index is 0.120. The fourth-order valence-corrected chi connectivity index (χ4v) is 3.32. The molecular formula is C18H16ClFN4O. The van der Waals surface area contributed by atoms with Gasteiger partial charge < -0.3 is 10.2 Å². The van der Waals surface area contributed by atoms with Crippen LogP contribution in [0.5, 0.6) is 0 Å². The quantitative estimate of drug-likeness (QED) is 0.753. The fourth-order valence-electron chi connectivity index (χ4n) is 3.14. The fraction of sp³-hybridized carbons (Fsp3) is 0.222. The van der Waals surface area contributed by atoms with Crippen LogP contribution in [0.4, 0.5) is 16.0 Å². The summed E-state index contributed by atoms with van der Waals surface area (Å²) in [7, 11) is 0. The number of hydrogen-bond acceptors (Lipinski definition) is 4. The number of benzene rings is 2. The number of H-pyrrole nitrogens is 1. The molecule has 1 fully saturated rings. The van der Waals surface area contributed by atoms with Crippen LogP contribution in [0.3, 0.4) is 0 Å². The molecule has 3 aromatic rings. The van der Waals surface area contributed by atoms with Gasteiger partial charge in [-0.3, -0.25) is 9.78 Å². The Hall–Kier alpha value is -2.60. The van der Waals surface area contributed by atoms with Crippen molar-refractivity contribution in [3.05, 3.63) is 63.7 Å². The molecule has 0 aliphatic carbocycles. The van der Waals surface area contributed by atoms with Gasteiger partial charge >= 0.3 is 0 Å². The van der Waals surface area contributed by atoms with Gasteiger partial charge in [-0.15, -0.1) is 0 Å². The number of rotatable bonds is 3. The van der Waals surface area contributed by atoms with E-state index < -0.39 is 5.82 Å². The number of para-hydroxylation sites is 1. The largest absolute Gasteiger partial charge is 0.369 e. The third kappa shape index (κ3) is 3.17. The van der Waals surface area contributed by atoms with Crippen molar-refractivity contribution in [1.29, 1.82) is 0 Å². The predicted molar refractivity (Wildman–Crippen MR) is 98.0 cm³/mol. The van der Waals surface area contributed by atoms with Crippen LogP contribution in [-0.4, -0.2) is 29.1 Å². The zero-order valence-corrected chi connectivity index (χ0v) is 14.1. The molecule has 2 N–H and O–H groups in total. The van der Waals surface area contributed by atoms with Gasteiger partial charge in [-0.1, -0.05) is 23.7 Å². The van der Waals surface area contributed by atoms with E-state index in [4.69, 9.17) is 11.6 Å². The van der Waals surface area contributed by atoms with Crippen molar-refractivity contribution >= 4 is 34.1 Å². The Morgan fingerprint density at radius 2 is 2.12 bits per heavy atom. The average molecular weight is 359 g/mol. The smallest absolute Gasteiger partial charge is 0.260 e. The van der Waals surface area contributed by atoms with E-state index in [0.717, 1.165) is 25.2 Å². The molecule has 1 unspecified atom stereocenters. The molecule has 1 atom stereocenters. The van der Waals surface area contributed by atoms with Crippen LogP contribution in [0.15, 0.2) is 47.3 Å². The molecule has 25 heavy (non-hydrogen) atoms. The number of nitrogens with one attached hydrogen (secondary N) is 2. The number of halogens is 2. The lowest BCUT2D eigenvalue weighted by atomic mass is 10.2. The lowest BCUT2D eigenvalue weighted by molar-refractivity contribution is 0.628. The summed E-state index contributed by atoms with van der Waals surface area (Å²) >= 11 is 5.86. The number of anilines is 2. The summed E-state index contributed by atoms with van der Waals surface area (Å²) in [5, 5.41) is 3.98. The van der Waals surface area contributed by atoms with Gasteiger partial charge in [0, 0.05) is 24.8 Å². The van der Waals surface area contributed by atoms with Crippen molar-refractivity contribution in [1.82, 2.24) is 9.97 Å². The second-order valence-electron chi connectivity index (χ2n) is 6.11. The minimum Gasteiger partial charge on any atom is -0.369 e.